The van der Waals surface area contributed by atoms with Gasteiger partial charge in [-0.3, -0.25) is 4.68 Å². The predicted molar refractivity (Wildman–Crippen MR) is 75.9 cm³/mol. The van der Waals surface area contributed by atoms with Crippen LogP contribution in [0.1, 0.15) is 29.4 Å². The van der Waals surface area contributed by atoms with Crippen molar-refractivity contribution in [2.45, 2.75) is 40.8 Å². The fraction of sp³-hybridized carbons (Fsp3) is 0.400. The summed E-state index contributed by atoms with van der Waals surface area (Å²) < 4.78 is 2.05. The highest BCUT2D eigenvalue weighted by Crippen LogP contribution is 2.19. The fourth-order valence-corrected chi connectivity index (χ4v) is 2.14. The van der Waals surface area contributed by atoms with E-state index in [1.165, 1.54) is 22.5 Å². The van der Waals surface area contributed by atoms with Gasteiger partial charge in [-0.25, -0.2) is 0 Å². The average Bonchev–Trinajstić information content (AvgIpc) is 2.71. The summed E-state index contributed by atoms with van der Waals surface area (Å²) >= 11 is 0. The molecule has 0 atom stereocenters. The highest BCUT2D eigenvalue weighted by atomic mass is 15.3. The molecule has 0 saturated carbocycles. The molecule has 0 radical (unpaired) electrons. The molecular weight excluding hydrogens is 222 g/mol. The molecule has 0 saturated heterocycles. The van der Waals surface area contributed by atoms with Gasteiger partial charge in [0.15, 0.2) is 0 Å². The Morgan fingerprint density at radius 1 is 1.22 bits per heavy atom. The van der Waals surface area contributed by atoms with E-state index in [9.17, 15) is 0 Å². The first-order valence-corrected chi connectivity index (χ1v) is 6.45. The third-order valence-electron chi connectivity index (χ3n) is 3.35. The van der Waals surface area contributed by atoms with Gasteiger partial charge in [-0.05, 0) is 51.0 Å². The summed E-state index contributed by atoms with van der Waals surface area (Å²) in [4.78, 5) is 0. The molecule has 1 aromatic carbocycles. The number of aryl methyl sites for hydroxylation is 3. The number of hydrogen-bond donors (Lipinski definition) is 1. The molecule has 1 N–H and O–H groups in total. The summed E-state index contributed by atoms with van der Waals surface area (Å²) in [7, 11) is 0. The Balaban J connectivity index is 2.13. The van der Waals surface area contributed by atoms with Crippen LogP contribution in [0.25, 0.3) is 0 Å². The molecule has 18 heavy (non-hydrogen) atoms. The zero-order valence-corrected chi connectivity index (χ0v) is 11.6. The minimum absolute atomic E-state index is 0.818. The maximum atomic E-state index is 4.46. The van der Waals surface area contributed by atoms with Gasteiger partial charge in [0.1, 0.15) is 0 Å². The van der Waals surface area contributed by atoms with Gasteiger partial charge in [0.25, 0.3) is 0 Å². The minimum Gasteiger partial charge on any atom is -0.379 e. The standard InChI is InChI=1S/C15H21N3/c1-5-18-14(9-12(3)17-18)10-16-15-8-6-7-11(2)13(15)4/h6-9,16H,5,10H2,1-4H3. The Hall–Kier alpha value is -1.77. The van der Waals surface area contributed by atoms with Crippen LogP contribution in [0.2, 0.25) is 0 Å². The van der Waals surface area contributed by atoms with E-state index in [1.807, 2.05) is 11.6 Å². The molecule has 2 aromatic rings. The monoisotopic (exact) mass is 243 g/mol. The third kappa shape index (κ3) is 2.55. The van der Waals surface area contributed by atoms with Crippen molar-refractivity contribution in [2.75, 3.05) is 5.32 Å². The zero-order valence-electron chi connectivity index (χ0n) is 11.6. The van der Waals surface area contributed by atoms with E-state index in [1.54, 1.807) is 0 Å². The Bertz CT molecular complexity index is 541. The molecule has 2 rings (SSSR count). The van der Waals surface area contributed by atoms with Crippen LogP contribution in [-0.2, 0) is 13.1 Å². The summed E-state index contributed by atoms with van der Waals surface area (Å²) in [6.07, 6.45) is 0. The molecule has 3 nitrogen and oxygen atoms in total. The van der Waals surface area contributed by atoms with Crippen molar-refractivity contribution in [2.24, 2.45) is 0 Å². The van der Waals surface area contributed by atoms with Crippen molar-refractivity contribution in [3.05, 3.63) is 46.8 Å². The summed E-state index contributed by atoms with van der Waals surface area (Å²) in [6, 6.07) is 8.50. The second-order valence-electron chi connectivity index (χ2n) is 4.69. The molecule has 0 aliphatic carbocycles. The molecule has 0 unspecified atom stereocenters. The summed E-state index contributed by atoms with van der Waals surface area (Å²) in [5, 5.41) is 7.96. The van der Waals surface area contributed by atoms with Gasteiger partial charge in [-0.2, -0.15) is 5.10 Å². The van der Waals surface area contributed by atoms with Gasteiger partial charge in [-0.1, -0.05) is 12.1 Å². The van der Waals surface area contributed by atoms with Gasteiger partial charge in [0.2, 0.25) is 0 Å². The number of rotatable bonds is 4. The molecule has 0 spiro atoms. The van der Waals surface area contributed by atoms with Gasteiger partial charge in [-0.15, -0.1) is 0 Å². The lowest BCUT2D eigenvalue weighted by atomic mass is 10.1. The molecule has 0 aliphatic rings. The van der Waals surface area contributed by atoms with E-state index in [2.05, 4.69) is 55.5 Å². The number of anilines is 1. The van der Waals surface area contributed by atoms with E-state index >= 15 is 0 Å². The maximum Gasteiger partial charge on any atom is 0.0597 e. The van der Waals surface area contributed by atoms with Crippen molar-refractivity contribution in [3.63, 3.8) is 0 Å². The topological polar surface area (TPSA) is 29.9 Å². The molecule has 3 heteroatoms. The fourth-order valence-electron chi connectivity index (χ4n) is 2.14. The third-order valence-corrected chi connectivity index (χ3v) is 3.35. The molecule has 1 heterocycles. The highest BCUT2D eigenvalue weighted by molar-refractivity contribution is 5.53. The Morgan fingerprint density at radius 2 is 2.00 bits per heavy atom. The molecule has 1 aromatic heterocycles. The number of hydrogen-bond acceptors (Lipinski definition) is 2. The van der Waals surface area contributed by atoms with Crippen molar-refractivity contribution in [1.82, 2.24) is 9.78 Å². The first kappa shape index (κ1) is 12.7. The Morgan fingerprint density at radius 3 is 2.72 bits per heavy atom. The van der Waals surface area contributed by atoms with E-state index < -0.39 is 0 Å². The molecule has 0 fully saturated rings. The lowest BCUT2D eigenvalue weighted by molar-refractivity contribution is 0.623. The second-order valence-corrected chi connectivity index (χ2v) is 4.69. The van der Waals surface area contributed by atoms with Gasteiger partial charge in [0, 0.05) is 12.2 Å². The predicted octanol–water partition coefficient (Wildman–Crippen LogP) is 3.44. The lowest BCUT2D eigenvalue weighted by Crippen LogP contribution is -2.08. The Labute approximate surface area is 109 Å². The van der Waals surface area contributed by atoms with Crippen LogP contribution in [0.3, 0.4) is 0 Å². The summed E-state index contributed by atoms with van der Waals surface area (Å²) in [5.74, 6) is 0. The molecule has 0 amide bonds. The number of nitrogens with zero attached hydrogens (tertiary/aromatic N) is 2. The molecule has 96 valence electrons. The number of aromatic nitrogens is 2. The van der Waals surface area contributed by atoms with E-state index in [0.29, 0.717) is 0 Å². The second kappa shape index (κ2) is 5.25. The van der Waals surface area contributed by atoms with Crippen LogP contribution in [0.5, 0.6) is 0 Å². The SMILES string of the molecule is CCn1nc(C)cc1CNc1cccc(C)c1C. The van der Waals surface area contributed by atoms with Crippen LogP contribution >= 0.6 is 0 Å². The number of nitrogens with one attached hydrogen (secondary N) is 1. The van der Waals surface area contributed by atoms with Crippen LogP contribution in [0.4, 0.5) is 5.69 Å². The van der Waals surface area contributed by atoms with Crippen LogP contribution < -0.4 is 5.32 Å². The van der Waals surface area contributed by atoms with Crippen LogP contribution in [-0.4, -0.2) is 9.78 Å². The van der Waals surface area contributed by atoms with Gasteiger partial charge >= 0.3 is 0 Å². The van der Waals surface area contributed by atoms with E-state index in [4.69, 9.17) is 0 Å². The van der Waals surface area contributed by atoms with Crippen molar-refractivity contribution in [1.29, 1.82) is 0 Å². The van der Waals surface area contributed by atoms with Crippen molar-refractivity contribution in [3.8, 4) is 0 Å². The smallest absolute Gasteiger partial charge is 0.0597 e. The Kier molecular flexibility index (Phi) is 3.70. The molecular formula is C15H21N3. The summed E-state index contributed by atoms with van der Waals surface area (Å²) in [6.45, 7) is 10.2. The van der Waals surface area contributed by atoms with E-state index in [-0.39, 0.29) is 0 Å². The summed E-state index contributed by atoms with van der Waals surface area (Å²) in [5.41, 5.74) is 6.15. The average molecular weight is 243 g/mol. The quantitative estimate of drug-likeness (QED) is 0.891. The van der Waals surface area contributed by atoms with E-state index in [0.717, 1.165) is 18.8 Å². The zero-order chi connectivity index (χ0) is 13.1. The van der Waals surface area contributed by atoms with Crippen molar-refractivity contribution >= 4 is 5.69 Å². The first-order chi connectivity index (χ1) is 8.61. The lowest BCUT2D eigenvalue weighted by Gasteiger charge is -2.12. The van der Waals surface area contributed by atoms with Crippen LogP contribution in [0.15, 0.2) is 24.3 Å². The molecule has 0 aliphatic heterocycles. The number of benzene rings is 1. The highest BCUT2D eigenvalue weighted by Gasteiger charge is 2.05. The van der Waals surface area contributed by atoms with Gasteiger partial charge in [0.05, 0.1) is 17.9 Å². The molecule has 0 bridgehead atoms. The largest absolute Gasteiger partial charge is 0.379 e. The minimum atomic E-state index is 0.818. The van der Waals surface area contributed by atoms with Crippen LogP contribution in [0, 0.1) is 20.8 Å². The van der Waals surface area contributed by atoms with Crippen molar-refractivity contribution < 1.29 is 0 Å². The van der Waals surface area contributed by atoms with Gasteiger partial charge < -0.3 is 5.32 Å². The maximum absolute atomic E-state index is 4.46. The first-order valence-electron chi connectivity index (χ1n) is 6.45. The normalized spacial score (nSPS) is 10.7.